The van der Waals surface area contributed by atoms with Crippen LogP contribution >= 0.6 is 0 Å². The number of carbonyl (C=O) groups excluding carboxylic acids is 1. The molecular weight excluding hydrogens is 354 g/mol. The number of carboxylic acid groups (broad SMARTS) is 2. The van der Waals surface area contributed by atoms with Crippen molar-refractivity contribution in [3.63, 3.8) is 0 Å². The number of methoxy groups -OCH3 is 1. The maximum absolute atomic E-state index is 11.8. The topological polar surface area (TPSA) is 183 Å². The molecule has 0 heterocycles. The highest BCUT2D eigenvalue weighted by Crippen LogP contribution is 2.32. The normalized spacial score (nSPS) is 29.8. The van der Waals surface area contributed by atoms with Gasteiger partial charge in [0.15, 0.2) is 0 Å². The summed E-state index contributed by atoms with van der Waals surface area (Å²) in [5.74, 6) is -3.30. The van der Waals surface area contributed by atoms with Crippen molar-refractivity contribution in [2.45, 2.75) is 55.6 Å². The first-order chi connectivity index (χ1) is 12.1. The Morgan fingerprint density at radius 2 is 1.73 bits per heavy atom. The van der Waals surface area contributed by atoms with Crippen molar-refractivity contribution in [2.75, 3.05) is 20.3 Å². The number of hydrogen-bond donors (Lipinski definition) is 6. The highest BCUT2D eigenvalue weighted by molar-refractivity contribution is 5.84. The Labute approximate surface area is 149 Å². The second kappa shape index (κ2) is 9.78. The lowest BCUT2D eigenvalue weighted by Gasteiger charge is -2.42. The minimum Gasteiger partial charge on any atom is -0.481 e. The third kappa shape index (κ3) is 6.50. The molecule has 0 aliphatic heterocycles. The molecule has 0 spiro atoms. The lowest BCUT2D eigenvalue weighted by atomic mass is 9.80. The monoisotopic (exact) mass is 379 g/mol. The van der Waals surface area contributed by atoms with Crippen LogP contribution in [0.25, 0.3) is 0 Å². The van der Waals surface area contributed by atoms with Gasteiger partial charge >= 0.3 is 11.9 Å². The van der Waals surface area contributed by atoms with E-state index in [-0.39, 0.29) is 25.9 Å². The van der Waals surface area contributed by atoms with Crippen LogP contribution in [0.1, 0.15) is 25.7 Å². The minimum absolute atomic E-state index is 0.0142. The molecule has 11 nitrogen and oxygen atoms in total. The van der Waals surface area contributed by atoms with Gasteiger partial charge in [0.25, 0.3) is 0 Å². The van der Waals surface area contributed by atoms with Crippen molar-refractivity contribution in [1.29, 1.82) is 0 Å². The molecule has 0 radical (unpaired) electrons. The Hall–Kier alpha value is -1.79. The van der Waals surface area contributed by atoms with Gasteiger partial charge in [0.2, 0.25) is 5.91 Å². The van der Waals surface area contributed by atoms with E-state index >= 15 is 0 Å². The van der Waals surface area contributed by atoms with Crippen LogP contribution in [0.2, 0.25) is 0 Å². The molecule has 3 atom stereocenters. The van der Waals surface area contributed by atoms with Gasteiger partial charge < -0.3 is 40.3 Å². The highest BCUT2D eigenvalue weighted by atomic mass is 16.5. The Morgan fingerprint density at radius 3 is 2.19 bits per heavy atom. The SMILES string of the molecule is COC1(COCC(=O)N[C@@H](CCC(=O)O)C(=O)O)C[C@@H](O)C(O)[C@H](O)C1. The van der Waals surface area contributed by atoms with Crippen molar-refractivity contribution in [2.24, 2.45) is 0 Å². The van der Waals surface area contributed by atoms with Crippen LogP contribution in [-0.2, 0) is 23.9 Å². The maximum atomic E-state index is 11.8. The number of aliphatic carboxylic acids is 2. The highest BCUT2D eigenvalue weighted by Gasteiger charge is 2.45. The fourth-order valence-corrected chi connectivity index (χ4v) is 2.78. The van der Waals surface area contributed by atoms with Gasteiger partial charge in [0.05, 0.1) is 24.4 Å². The van der Waals surface area contributed by atoms with Gasteiger partial charge in [-0.2, -0.15) is 0 Å². The average molecular weight is 379 g/mol. The molecule has 0 saturated heterocycles. The van der Waals surface area contributed by atoms with Crippen LogP contribution in [-0.4, -0.2) is 93.7 Å². The largest absolute Gasteiger partial charge is 0.481 e. The number of nitrogens with one attached hydrogen (secondary N) is 1. The zero-order valence-corrected chi connectivity index (χ0v) is 14.3. The van der Waals surface area contributed by atoms with Gasteiger partial charge in [0.1, 0.15) is 18.8 Å². The van der Waals surface area contributed by atoms with Gasteiger partial charge in [-0.3, -0.25) is 9.59 Å². The average Bonchev–Trinajstić information content (AvgIpc) is 2.55. The van der Waals surface area contributed by atoms with E-state index in [0.717, 1.165) is 0 Å². The first-order valence-corrected chi connectivity index (χ1v) is 8.01. The fraction of sp³-hybridized carbons (Fsp3) is 0.800. The molecule has 1 saturated carbocycles. The first-order valence-electron chi connectivity index (χ1n) is 8.01. The smallest absolute Gasteiger partial charge is 0.326 e. The van der Waals surface area contributed by atoms with Crippen molar-refractivity contribution in [1.82, 2.24) is 5.32 Å². The molecule has 26 heavy (non-hydrogen) atoms. The van der Waals surface area contributed by atoms with E-state index in [4.69, 9.17) is 19.7 Å². The lowest BCUT2D eigenvalue weighted by Crippen LogP contribution is -2.55. The van der Waals surface area contributed by atoms with Crippen molar-refractivity contribution < 1.29 is 49.4 Å². The molecule has 0 aromatic carbocycles. The van der Waals surface area contributed by atoms with Gasteiger partial charge in [-0.15, -0.1) is 0 Å². The summed E-state index contributed by atoms with van der Waals surface area (Å²) in [6.07, 6.45) is -4.45. The molecule has 1 fully saturated rings. The summed E-state index contributed by atoms with van der Waals surface area (Å²) in [6, 6.07) is -1.35. The summed E-state index contributed by atoms with van der Waals surface area (Å²) in [5, 5.41) is 48.8. The summed E-state index contributed by atoms with van der Waals surface area (Å²) in [4.78, 5) is 33.3. The van der Waals surface area contributed by atoms with Crippen LogP contribution in [0.3, 0.4) is 0 Å². The van der Waals surface area contributed by atoms with Crippen LogP contribution in [0.5, 0.6) is 0 Å². The van der Waals surface area contributed by atoms with Gasteiger partial charge in [-0.1, -0.05) is 0 Å². The fourth-order valence-electron chi connectivity index (χ4n) is 2.78. The third-order valence-corrected chi connectivity index (χ3v) is 4.26. The molecule has 0 aromatic heterocycles. The van der Waals surface area contributed by atoms with E-state index in [1.165, 1.54) is 7.11 Å². The molecule has 11 heteroatoms. The first kappa shape index (κ1) is 22.3. The molecule has 150 valence electrons. The summed E-state index contributed by atoms with van der Waals surface area (Å²) < 4.78 is 10.5. The zero-order valence-electron chi connectivity index (χ0n) is 14.3. The van der Waals surface area contributed by atoms with Crippen molar-refractivity contribution in [3.8, 4) is 0 Å². The van der Waals surface area contributed by atoms with E-state index in [1.54, 1.807) is 0 Å². The number of ether oxygens (including phenoxy) is 2. The molecule has 1 aliphatic carbocycles. The van der Waals surface area contributed by atoms with Crippen LogP contribution < -0.4 is 5.32 Å². The van der Waals surface area contributed by atoms with Gasteiger partial charge in [-0.25, -0.2) is 4.79 Å². The molecular formula is C15H25NO10. The van der Waals surface area contributed by atoms with E-state index < -0.39 is 60.8 Å². The van der Waals surface area contributed by atoms with Crippen molar-refractivity contribution >= 4 is 17.8 Å². The van der Waals surface area contributed by atoms with Gasteiger partial charge in [0, 0.05) is 26.4 Å². The van der Waals surface area contributed by atoms with E-state index in [1.807, 2.05) is 0 Å². The maximum Gasteiger partial charge on any atom is 0.326 e. The van der Waals surface area contributed by atoms with Crippen LogP contribution in [0.4, 0.5) is 0 Å². The number of carboxylic acids is 2. The molecule has 1 amide bonds. The van der Waals surface area contributed by atoms with Crippen molar-refractivity contribution in [3.05, 3.63) is 0 Å². The molecule has 0 unspecified atom stereocenters. The number of carbonyl (C=O) groups is 3. The van der Waals surface area contributed by atoms with Crippen LogP contribution in [0.15, 0.2) is 0 Å². The van der Waals surface area contributed by atoms with Gasteiger partial charge in [-0.05, 0) is 6.42 Å². The predicted octanol–water partition coefficient (Wildman–Crippen LogP) is -2.30. The second-order valence-corrected chi connectivity index (χ2v) is 6.30. The quantitative estimate of drug-likeness (QED) is 0.241. The van der Waals surface area contributed by atoms with E-state index in [0.29, 0.717) is 0 Å². The van der Waals surface area contributed by atoms with E-state index in [9.17, 15) is 29.7 Å². The molecule has 1 rings (SSSR count). The minimum atomic E-state index is -1.36. The second-order valence-electron chi connectivity index (χ2n) is 6.30. The summed E-state index contributed by atoms with van der Waals surface area (Å²) in [6.45, 7) is -0.693. The molecule has 1 aliphatic rings. The summed E-state index contributed by atoms with van der Waals surface area (Å²) in [5.41, 5.74) is -1.10. The Kier molecular flexibility index (Phi) is 8.37. The standard InChI is InChI=1S/C15H25NO10/c1-25-15(4-9(17)13(22)10(18)5-15)7-26-6-11(19)16-8(14(23)24)2-3-12(20)21/h8-10,13,17-18,22H,2-7H2,1H3,(H,16,19)(H,20,21)(H,23,24)/t8-,9+,10+,13?,15?/m0/s1. The Bertz CT molecular complexity index is 499. The zero-order chi connectivity index (χ0) is 19.9. The summed E-state index contributed by atoms with van der Waals surface area (Å²) in [7, 11) is 1.34. The predicted molar refractivity (Wildman–Crippen MR) is 84.2 cm³/mol. The van der Waals surface area contributed by atoms with E-state index in [2.05, 4.69) is 5.32 Å². The lowest BCUT2D eigenvalue weighted by molar-refractivity contribution is -0.185. The molecule has 6 N–H and O–H groups in total. The number of rotatable bonds is 10. The summed E-state index contributed by atoms with van der Waals surface area (Å²) >= 11 is 0. The molecule has 0 aromatic rings. The number of amides is 1. The molecule has 0 bridgehead atoms. The number of aliphatic hydroxyl groups is 3. The Morgan fingerprint density at radius 1 is 1.15 bits per heavy atom. The number of hydrogen-bond acceptors (Lipinski definition) is 8. The van der Waals surface area contributed by atoms with Crippen LogP contribution in [0, 0.1) is 0 Å². The number of aliphatic hydroxyl groups excluding tert-OH is 3. The Balaban J connectivity index is 2.50. The third-order valence-electron chi connectivity index (χ3n) is 4.26.